The van der Waals surface area contributed by atoms with Crippen molar-refractivity contribution in [2.45, 2.75) is 6.54 Å². The van der Waals surface area contributed by atoms with Crippen molar-refractivity contribution in [3.8, 4) is 0 Å². The van der Waals surface area contributed by atoms with E-state index in [-0.39, 0.29) is 17.9 Å². The molecule has 0 fully saturated rings. The fourth-order valence-corrected chi connectivity index (χ4v) is 1.63. The fourth-order valence-electron chi connectivity index (χ4n) is 1.63. The smallest absolute Gasteiger partial charge is 0.354 e. The summed E-state index contributed by atoms with van der Waals surface area (Å²) < 4.78 is 1.78. The number of carbonyl (C=O) groups excluding carboxylic acids is 1. The first-order chi connectivity index (χ1) is 9.00. The van der Waals surface area contributed by atoms with Crippen LogP contribution in [0.5, 0.6) is 0 Å². The number of aromatic nitrogens is 4. The highest BCUT2D eigenvalue weighted by Gasteiger charge is 2.23. The Hall–Kier alpha value is -2.64. The van der Waals surface area contributed by atoms with E-state index < -0.39 is 11.9 Å². The number of rotatable bonds is 4. The molecule has 2 heterocycles. The molecule has 2 rings (SSSR count). The molecule has 19 heavy (non-hydrogen) atoms. The van der Waals surface area contributed by atoms with Crippen LogP contribution in [0.1, 0.15) is 26.8 Å². The topological polar surface area (TPSA) is 104 Å². The maximum absolute atomic E-state index is 12.1. The van der Waals surface area contributed by atoms with E-state index >= 15 is 0 Å². The number of nitrogens with one attached hydrogen (secondary N) is 1. The van der Waals surface area contributed by atoms with Crippen molar-refractivity contribution in [3.63, 3.8) is 0 Å². The van der Waals surface area contributed by atoms with E-state index in [1.807, 2.05) is 7.05 Å². The van der Waals surface area contributed by atoms with Gasteiger partial charge in [-0.15, -0.1) is 0 Å². The number of carboxylic acids is 1. The van der Waals surface area contributed by atoms with Gasteiger partial charge in [-0.1, -0.05) is 0 Å². The summed E-state index contributed by atoms with van der Waals surface area (Å²) in [4.78, 5) is 34.7. The number of aromatic carboxylic acids is 1. The third-order valence-corrected chi connectivity index (χ3v) is 2.70. The number of hydrogen-bond acceptors (Lipinski definition) is 4. The summed E-state index contributed by atoms with van der Waals surface area (Å²) in [6, 6.07) is 0. The number of carbonyl (C=O) groups is 2. The van der Waals surface area contributed by atoms with Crippen LogP contribution >= 0.6 is 0 Å². The van der Waals surface area contributed by atoms with Crippen molar-refractivity contribution in [2.75, 3.05) is 7.05 Å². The van der Waals surface area contributed by atoms with Gasteiger partial charge in [-0.25, -0.2) is 14.8 Å². The number of aromatic amines is 1. The van der Waals surface area contributed by atoms with E-state index in [4.69, 9.17) is 5.11 Å². The molecule has 0 spiro atoms. The predicted octanol–water partition coefficient (Wildman–Crippen LogP) is 0.114. The highest BCUT2D eigenvalue weighted by atomic mass is 16.4. The largest absolute Gasteiger partial charge is 0.477 e. The number of nitrogens with zero attached hydrogens (tertiary/aromatic N) is 4. The lowest BCUT2D eigenvalue weighted by Crippen LogP contribution is -2.29. The molecule has 0 aliphatic carbocycles. The van der Waals surface area contributed by atoms with E-state index in [0.717, 1.165) is 0 Å². The summed E-state index contributed by atoms with van der Waals surface area (Å²) in [6.07, 6.45) is 4.58. The molecule has 2 aromatic rings. The number of H-pyrrole nitrogens is 1. The Balaban J connectivity index is 2.17. The Morgan fingerprint density at radius 2 is 2.21 bits per heavy atom. The van der Waals surface area contributed by atoms with E-state index in [1.54, 1.807) is 24.0 Å². The molecule has 0 atom stereocenters. The minimum absolute atomic E-state index is 0.107. The summed E-state index contributed by atoms with van der Waals surface area (Å²) in [5.41, 5.74) is -0.319. The molecule has 2 aromatic heterocycles. The van der Waals surface area contributed by atoms with Crippen molar-refractivity contribution < 1.29 is 14.7 Å². The second-order valence-electron chi connectivity index (χ2n) is 4.05. The zero-order valence-corrected chi connectivity index (χ0v) is 10.5. The summed E-state index contributed by atoms with van der Waals surface area (Å²) >= 11 is 0. The first kappa shape index (κ1) is 12.8. The molecule has 0 radical (unpaired) electrons. The highest BCUT2D eigenvalue weighted by molar-refractivity contribution is 6.02. The number of aryl methyl sites for hydroxylation is 1. The Morgan fingerprint density at radius 1 is 1.47 bits per heavy atom. The summed E-state index contributed by atoms with van der Waals surface area (Å²) in [6.45, 7) is 0.272. The number of imidazole rings is 2. The zero-order valence-electron chi connectivity index (χ0n) is 10.5. The lowest BCUT2D eigenvalue weighted by Gasteiger charge is -2.15. The molecule has 0 bridgehead atoms. The van der Waals surface area contributed by atoms with Gasteiger partial charge in [-0.3, -0.25) is 4.79 Å². The van der Waals surface area contributed by atoms with Crippen molar-refractivity contribution in [1.29, 1.82) is 0 Å². The Labute approximate surface area is 108 Å². The van der Waals surface area contributed by atoms with Gasteiger partial charge >= 0.3 is 5.97 Å². The SMILES string of the molecule is CN(Cc1nccn1C)C(=O)c1nc[nH]c1C(=O)O. The zero-order chi connectivity index (χ0) is 14.0. The van der Waals surface area contributed by atoms with Crippen LogP contribution in [0.25, 0.3) is 0 Å². The van der Waals surface area contributed by atoms with Crippen LogP contribution in [0.15, 0.2) is 18.7 Å². The number of carboxylic acid groups (broad SMARTS) is 1. The average Bonchev–Trinajstić information content (AvgIpc) is 2.98. The fraction of sp³-hybridized carbons (Fsp3) is 0.273. The van der Waals surface area contributed by atoms with Crippen molar-refractivity contribution >= 4 is 11.9 Å². The molecular formula is C11H13N5O3. The van der Waals surface area contributed by atoms with Crippen LogP contribution in [0.2, 0.25) is 0 Å². The van der Waals surface area contributed by atoms with Crippen molar-refractivity contribution in [2.24, 2.45) is 7.05 Å². The second kappa shape index (κ2) is 4.92. The van der Waals surface area contributed by atoms with Crippen LogP contribution in [0.3, 0.4) is 0 Å². The van der Waals surface area contributed by atoms with E-state index in [1.165, 1.54) is 11.2 Å². The maximum atomic E-state index is 12.1. The van der Waals surface area contributed by atoms with Crippen LogP contribution < -0.4 is 0 Å². The third-order valence-electron chi connectivity index (χ3n) is 2.70. The standard InChI is InChI=1S/C11H13N5O3/c1-15-4-3-12-7(15)5-16(2)10(17)8-9(11(18)19)14-6-13-8/h3-4,6H,5H2,1-2H3,(H,13,14)(H,18,19). The normalized spacial score (nSPS) is 10.4. The van der Waals surface area contributed by atoms with Gasteiger partial charge < -0.3 is 19.6 Å². The molecule has 8 nitrogen and oxygen atoms in total. The molecular weight excluding hydrogens is 250 g/mol. The van der Waals surface area contributed by atoms with Crippen LogP contribution in [0.4, 0.5) is 0 Å². The molecule has 100 valence electrons. The number of hydrogen-bond donors (Lipinski definition) is 2. The summed E-state index contributed by atoms with van der Waals surface area (Å²) in [7, 11) is 3.38. The lowest BCUT2D eigenvalue weighted by atomic mass is 10.3. The minimum atomic E-state index is -1.22. The van der Waals surface area contributed by atoms with E-state index in [2.05, 4.69) is 15.0 Å². The summed E-state index contributed by atoms with van der Waals surface area (Å²) in [5.74, 6) is -0.990. The van der Waals surface area contributed by atoms with Gasteiger partial charge in [0.15, 0.2) is 11.4 Å². The van der Waals surface area contributed by atoms with Crippen molar-refractivity contribution in [3.05, 3.63) is 35.9 Å². The van der Waals surface area contributed by atoms with Crippen molar-refractivity contribution in [1.82, 2.24) is 24.4 Å². The first-order valence-electron chi connectivity index (χ1n) is 5.49. The quantitative estimate of drug-likeness (QED) is 0.815. The Morgan fingerprint density at radius 3 is 2.79 bits per heavy atom. The second-order valence-corrected chi connectivity index (χ2v) is 4.05. The van der Waals surface area contributed by atoms with Gasteiger partial charge in [0.2, 0.25) is 0 Å². The van der Waals surface area contributed by atoms with E-state index in [0.29, 0.717) is 5.82 Å². The van der Waals surface area contributed by atoms with Crippen LogP contribution in [-0.4, -0.2) is 48.4 Å². The first-order valence-corrected chi connectivity index (χ1v) is 5.49. The Bertz CT molecular complexity index is 615. The van der Waals surface area contributed by atoms with Gasteiger partial charge in [-0.05, 0) is 0 Å². The molecule has 0 saturated carbocycles. The predicted molar refractivity (Wildman–Crippen MR) is 64.6 cm³/mol. The maximum Gasteiger partial charge on any atom is 0.354 e. The molecule has 0 saturated heterocycles. The molecule has 2 N–H and O–H groups in total. The minimum Gasteiger partial charge on any atom is -0.477 e. The lowest BCUT2D eigenvalue weighted by molar-refractivity contribution is 0.0673. The molecule has 8 heteroatoms. The van der Waals surface area contributed by atoms with Gasteiger partial charge in [0, 0.05) is 26.5 Å². The monoisotopic (exact) mass is 263 g/mol. The number of amides is 1. The molecule has 0 aliphatic heterocycles. The van der Waals surface area contributed by atoms with Gasteiger partial charge in [0.25, 0.3) is 5.91 Å². The molecule has 0 aromatic carbocycles. The molecule has 1 amide bonds. The molecule has 0 unspecified atom stereocenters. The van der Waals surface area contributed by atoms with Gasteiger partial charge in [-0.2, -0.15) is 0 Å². The average molecular weight is 263 g/mol. The Kier molecular flexibility index (Phi) is 3.32. The summed E-state index contributed by atoms with van der Waals surface area (Å²) in [5, 5.41) is 8.93. The highest BCUT2D eigenvalue weighted by Crippen LogP contribution is 2.08. The van der Waals surface area contributed by atoms with Crippen LogP contribution in [0, 0.1) is 0 Å². The van der Waals surface area contributed by atoms with Gasteiger partial charge in [0.05, 0.1) is 12.9 Å². The molecule has 0 aliphatic rings. The third kappa shape index (κ3) is 2.46. The van der Waals surface area contributed by atoms with Gasteiger partial charge in [0.1, 0.15) is 5.82 Å². The van der Waals surface area contributed by atoms with E-state index in [9.17, 15) is 9.59 Å². The van der Waals surface area contributed by atoms with Crippen LogP contribution in [-0.2, 0) is 13.6 Å².